The first-order valence-corrected chi connectivity index (χ1v) is 11.8. The van der Waals surface area contributed by atoms with Crippen LogP contribution in [0.3, 0.4) is 0 Å². The molecular formula is C26H22F2N6O5. The molecule has 2 amide bonds. The number of halogens is 2. The van der Waals surface area contributed by atoms with E-state index >= 15 is 0 Å². The second-order valence-corrected chi connectivity index (χ2v) is 8.65. The van der Waals surface area contributed by atoms with Gasteiger partial charge in [0.25, 0.3) is 11.8 Å². The van der Waals surface area contributed by atoms with Crippen molar-refractivity contribution in [3.63, 3.8) is 0 Å². The molecule has 0 saturated carbocycles. The van der Waals surface area contributed by atoms with Gasteiger partial charge in [-0.25, -0.2) is 23.1 Å². The number of alkyl halides is 1. The number of rotatable bonds is 8. The molecule has 2 N–H and O–H groups in total. The number of amides is 2. The van der Waals surface area contributed by atoms with Crippen molar-refractivity contribution in [2.24, 2.45) is 7.05 Å². The largest absolute Gasteiger partial charge is 0.461 e. The fourth-order valence-corrected chi connectivity index (χ4v) is 3.92. The highest BCUT2D eigenvalue weighted by Gasteiger charge is 2.20. The van der Waals surface area contributed by atoms with Gasteiger partial charge in [-0.2, -0.15) is 5.10 Å². The molecule has 0 spiro atoms. The maximum absolute atomic E-state index is 14.4. The molecule has 0 aliphatic rings. The summed E-state index contributed by atoms with van der Waals surface area (Å²) >= 11 is 0. The lowest BCUT2D eigenvalue weighted by Crippen LogP contribution is -2.28. The molecule has 5 aromatic rings. The Morgan fingerprint density at radius 1 is 1.05 bits per heavy atom. The van der Waals surface area contributed by atoms with Gasteiger partial charge in [-0.1, -0.05) is 18.2 Å². The van der Waals surface area contributed by atoms with Crippen LogP contribution in [0.4, 0.5) is 8.78 Å². The van der Waals surface area contributed by atoms with Crippen molar-refractivity contribution in [1.29, 1.82) is 0 Å². The van der Waals surface area contributed by atoms with Gasteiger partial charge in [-0.15, -0.1) is 0 Å². The van der Waals surface area contributed by atoms with Crippen LogP contribution in [0.2, 0.25) is 0 Å². The Morgan fingerprint density at radius 2 is 1.74 bits per heavy atom. The number of benzene rings is 2. The van der Waals surface area contributed by atoms with E-state index in [1.165, 1.54) is 17.6 Å². The molecular weight excluding hydrogens is 514 g/mol. The highest BCUT2D eigenvalue weighted by atomic mass is 19.1. The fraction of sp³-hybridized carbons (Fsp3) is 0.192. The molecule has 3 aromatic heterocycles. The van der Waals surface area contributed by atoms with Crippen molar-refractivity contribution in [2.75, 3.05) is 0 Å². The topological polar surface area (TPSA) is 133 Å². The summed E-state index contributed by atoms with van der Waals surface area (Å²) in [6, 6.07) is 12.7. The first-order chi connectivity index (χ1) is 18.7. The minimum Gasteiger partial charge on any atom is -0.461 e. The van der Waals surface area contributed by atoms with Crippen molar-refractivity contribution >= 4 is 28.6 Å². The number of fused-ring (bicyclic) bond motifs is 2. The third-order valence-corrected chi connectivity index (χ3v) is 5.88. The third-order valence-electron chi connectivity index (χ3n) is 5.88. The van der Waals surface area contributed by atoms with Gasteiger partial charge >= 0.3 is 5.76 Å². The lowest BCUT2D eigenvalue weighted by molar-refractivity contribution is 0.0860. The number of carbonyl (C=O) groups is 2. The number of ether oxygens (including phenoxy) is 1. The minimum absolute atomic E-state index is 0.0746. The molecule has 2 aromatic carbocycles. The lowest BCUT2D eigenvalue weighted by atomic mass is 10.2. The lowest BCUT2D eigenvalue weighted by Gasteiger charge is -2.11. The minimum atomic E-state index is -1.46. The van der Waals surface area contributed by atoms with Gasteiger partial charge in [0, 0.05) is 33.1 Å². The van der Waals surface area contributed by atoms with Crippen LogP contribution in [0.15, 0.2) is 63.9 Å². The first kappa shape index (κ1) is 25.6. The Labute approximate surface area is 219 Å². The van der Waals surface area contributed by atoms with E-state index < -0.39 is 29.7 Å². The van der Waals surface area contributed by atoms with E-state index in [9.17, 15) is 23.2 Å². The van der Waals surface area contributed by atoms with Crippen LogP contribution in [-0.4, -0.2) is 37.3 Å². The monoisotopic (exact) mass is 536 g/mol. The van der Waals surface area contributed by atoms with Crippen LogP contribution in [0.5, 0.6) is 5.75 Å². The predicted molar refractivity (Wildman–Crippen MR) is 134 cm³/mol. The number of oxazole rings is 1. The molecule has 11 nitrogen and oxygen atoms in total. The van der Waals surface area contributed by atoms with Crippen molar-refractivity contribution in [3.05, 3.63) is 93.6 Å². The number of hydrogen-bond donors (Lipinski definition) is 2. The Kier molecular flexibility index (Phi) is 6.79. The zero-order chi connectivity index (χ0) is 27.7. The van der Waals surface area contributed by atoms with Gasteiger partial charge in [0.05, 0.1) is 11.7 Å². The Bertz CT molecular complexity index is 1760. The number of nitrogens with one attached hydrogen (secondary N) is 2. The van der Waals surface area contributed by atoms with Crippen molar-refractivity contribution < 1.29 is 27.5 Å². The van der Waals surface area contributed by atoms with E-state index in [2.05, 4.69) is 20.7 Å². The summed E-state index contributed by atoms with van der Waals surface area (Å²) in [5, 5.41) is 9.24. The Morgan fingerprint density at radius 3 is 2.49 bits per heavy atom. The summed E-state index contributed by atoms with van der Waals surface area (Å²) in [4.78, 5) is 41.7. The van der Waals surface area contributed by atoms with Gasteiger partial charge in [0.2, 0.25) is 6.36 Å². The molecule has 3 heterocycles. The number of aryl methyl sites for hydroxylation is 1. The zero-order valence-corrected chi connectivity index (χ0v) is 20.8. The van der Waals surface area contributed by atoms with E-state index in [1.807, 2.05) is 0 Å². The van der Waals surface area contributed by atoms with Crippen LogP contribution in [-0.2, 0) is 20.1 Å². The van der Waals surface area contributed by atoms with Gasteiger partial charge in [-0.3, -0.25) is 14.2 Å². The Balaban J connectivity index is 1.32. The van der Waals surface area contributed by atoms with Gasteiger partial charge in [-0.05, 0) is 35.4 Å². The number of hydrogen-bond acceptors (Lipinski definition) is 7. The van der Waals surface area contributed by atoms with Gasteiger partial charge < -0.3 is 19.8 Å². The molecule has 0 bridgehead atoms. The first-order valence-electron chi connectivity index (χ1n) is 11.8. The van der Waals surface area contributed by atoms with Crippen molar-refractivity contribution in [1.82, 2.24) is 29.8 Å². The third kappa shape index (κ3) is 5.32. The van der Waals surface area contributed by atoms with E-state index in [-0.39, 0.29) is 30.1 Å². The number of carbonyl (C=O) groups excluding carboxylic acids is 2. The molecule has 0 aliphatic heterocycles. The molecule has 0 fully saturated rings. The molecule has 1 unspecified atom stereocenters. The maximum atomic E-state index is 14.4. The van der Waals surface area contributed by atoms with Gasteiger partial charge in [0.1, 0.15) is 17.1 Å². The van der Waals surface area contributed by atoms with Crippen molar-refractivity contribution in [2.45, 2.75) is 26.4 Å². The highest BCUT2D eigenvalue weighted by Crippen LogP contribution is 2.17. The average molecular weight is 536 g/mol. The SMILES string of the molecule is CC(F)Oc1ccc(CNC(=O)c2cc(C(=O)NCc3ccc4oc(=O)n(C)c4c3)nc3c(F)cnn23)cc1. The Hall–Kier alpha value is -5.07. The normalized spacial score (nSPS) is 12.0. The summed E-state index contributed by atoms with van der Waals surface area (Å²) in [7, 11) is 1.57. The fourth-order valence-electron chi connectivity index (χ4n) is 3.92. The van der Waals surface area contributed by atoms with E-state index in [1.54, 1.807) is 49.5 Å². The maximum Gasteiger partial charge on any atom is 0.419 e. The summed E-state index contributed by atoms with van der Waals surface area (Å²) in [6.45, 7) is 1.43. The van der Waals surface area contributed by atoms with E-state index in [4.69, 9.17) is 9.15 Å². The molecule has 0 saturated heterocycles. The second-order valence-electron chi connectivity index (χ2n) is 8.65. The summed E-state index contributed by atoms with van der Waals surface area (Å²) in [6.07, 6.45) is -0.559. The highest BCUT2D eigenvalue weighted by molar-refractivity contribution is 5.98. The molecule has 13 heteroatoms. The van der Waals surface area contributed by atoms with Gasteiger partial charge in [0.15, 0.2) is 17.0 Å². The van der Waals surface area contributed by atoms with Crippen molar-refractivity contribution in [3.8, 4) is 5.75 Å². The average Bonchev–Trinajstić information content (AvgIpc) is 3.44. The molecule has 0 aliphatic carbocycles. The number of aromatic nitrogens is 4. The van der Waals surface area contributed by atoms with Crippen LogP contribution < -0.4 is 21.1 Å². The molecule has 0 radical (unpaired) electrons. The standard InChI is InChI=1S/C26H22F2N6O5/c1-14(27)38-17-6-3-15(4-7-17)11-30-25(36)21-10-19(32-23-18(28)13-31-34(21)23)24(35)29-12-16-5-8-22-20(9-16)33(2)26(37)39-22/h3-10,13-14H,11-12H2,1-2H3,(H,29,35)(H,30,36). The van der Waals surface area contributed by atoms with Crippen LogP contribution in [0, 0.1) is 5.82 Å². The molecule has 200 valence electrons. The predicted octanol–water partition coefficient (Wildman–Crippen LogP) is 2.87. The molecule has 39 heavy (non-hydrogen) atoms. The molecule has 1 atom stereocenters. The second kappa shape index (κ2) is 10.4. The van der Waals surface area contributed by atoms with E-state index in [0.29, 0.717) is 28.0 Å². The van der Waals surface area contributed by atoms with Crippen LogP contribution in [0.25, 0.3) is 16.7 Å². The quantitative estimate of drug-likeness (QED) is 0.312. The van der Waals surface area contributed by atoms with E-state index in [0.717, 1.165) is 10.7 Å². The zero-order valence-electron chi connectivity index (χ0n) is 20.8. The smallest absolute Gasteiger partial charge is 0.419 e. The van der Waals surface area contributed by atoms with Crippen LogP contribution >= 0.6 is 0 Å². The number of nitrogens with zero attached hydrogens (tertiary/aromatic N) is 4. The summed E-state index contributed by atoms with van der Waals surface area (Å²) in [5.41, 5.74) is 1.77. The molecule has 5 rings (SSSR count). The van der Waals surface area contributed by atoms with Crippen LogP contribution in [0.1, 0.15) is 39.0 Å². The summed E-state index contributed by atoms with van der Waals surface area (Å²) < 4.78 is 39.8. The summed E-state index contributed by atoms with van der Waals surface area (Å²) in [5.74, 6) is -2.24.